The van der Waals surface area contributed by atoms with Crippen molar-refractivity contribution < 1.29 is 24.2 Å². The SMILES string of the molecule is C=C(/C=C(C(=O)NCCCOC)\C(Br)=C/C)C(=O)NCCCOC.CO. The van der Waals surface area contributed by atoms with Gasteiger partial charge in [-0.1, -0.05) is 28.6 Å². The molecule has 0 bridgehead atoms. The van der Waals surface area contributed by atoms with Gasteiger partial charge in [-0.05, 0) is 25.8 Å². The average molecular weight is 435 g/mol. The van der Waals surface area contributed by atoms with Crippen LogP contribution >= 0.6 is 15.9 Å². The molecule has 0 aliphatic carbocycles. The van der Waals surface area contributed by atoms with Gasteiger partial charge >= 0.3 is 0 Å². The topological polar surface area (TPSA) is 96.9 Å². The number of rotatable bonds is 12. The molecule has 0 spiro atoms. The first kappa shape index (κ1) is 26.7. The molecule has 0 aliphatic heterocycles. The molecule has 150 valence electrons. The van der Waals surface area contributed by atoms with E-state index in [4.69, 9.17) is 14.6 Å². The molecule has 7 nitrogen and oxygen atoms in total. The van der Waals surface area contributed by atoms with Gasteiger partial charge in [-0.3, -0.25) is 9.59 Å². The zero-order valence-corrected chi connectivity index (χ0v) is 17.6. The number of allylic oxidation sites excluding steroid dienone is 1. The molecule has 0 radical (unpaired) electrons. The van der Waals surface area contributed by atoms with Gasteiger partial charge in [-0.2, -0.15) is 0 Å². The third-order valence-electron chi connectivity index (χ3n) is 2.99. The number of carbonyl (C=O) groups is 2. The number of hydrogen-bond acceptors (Lipinski definition) is 5. The predicted octanol–water partition coefficient (Wildman–Crippen LogP) is 1.68. The number of aliphatic hydroxyl groups excluding tert-OH is 1. The maximum absolute atomic E-state index is 12.3. The summed E-state index contributed by atoms with van der Waals surface area (Å²) in [5.41, 5.74) is 0.570. The summed E-state index contributed by atoms with van der Waals surface area (Å²) < 4.78 is 10.5. The van der Waals surface area contributed by atoms with Gasteiger partial charge in [-0.25, -0.2) is 0 Å². The molecular weight excluding hydrogens is 404 g/mol. The maximum atomic E-state index is 12.3. The van der Waals surface area contributed by atoms with E-state index >= 15 is 0 Å². The molecule has 0 unspecified atom stereocenters. The number of aliphatic hydroxyl groups is 1. The lowest BCUT2D eigenvalue weighted by Gasteiger charge is -2.10. The average Bonchev–Trinajstić information content (AvgIpc) is 2.67. The molecule has 0 atom stereocenters. The summed E-state index contributed by atoms with van der Waals surface area (Å²) >= 11 is 3.34. The first-order valence-corrected chi connectivity index (χ1v) is 8.99. The molecule has 3 N–H and O–H groups in total. The number of amides is 2. The number of halogens is 1. The van der Waals surface area contributed by atoms with Crippen LogP contribution < -0.4 is 10.6 Å². The molecule has 0 aromatic heterocycles. The van der Waals surface area contributed by atoms with E-state index in [0.717, 1.165) is 7.11 Å². The second-order valence-corrected chi connectivity index (χ2v) is 5.78. The van der Waals surface area contributed by atoms with Crippen molar-refractivity contribution in [2.75, 3.05) is 47.6 Å². The highest BCUT2D eigenvalue weighted by atomic mass is 79.9. The van der Waals surface area contributed by atoms with Crippen molar-refractivity contribution >= 4 is 27.7 Å². The van der Waals surface area contributed by atoms with Crippen molar-refractivity contribution in [3.05, 3.63) is 34.4 Å². The minimum absolute atomic E-state index is 0.216. The fraction of sp³-hybridized carbons (Fsp3) is 0.556. The summed E-state index contributed by atoms with van der Waals surface area (Å²) in [7, 11) is 4.22. The lowest BCUT2D eigenvalue weighted by atomic mass is 10.1. The Morgan fingerprint density at radius 3 is 1.92 bits per heavy atom. The quantitative estimate of drug-likeness (QED) is 0.246. The van der Waals surface area contributed by atoms with Gasteiger partial charge in [0.25, 0.3) is 11.8 Å². The van der Waals surface area contributed by atoms with Gasteiger partial charge in [0.15, 0.2) is 0 Å². The summed E-state index contributed by atoms with van der Waals surface area (Å²) in [6.45, 7) is 7.65. The fourth-order valence-corrected chi connectivity index (χ4v) is 1.98. The van der Waals surface area contributed by atoms with Crippen LogP contribution in [0.15, 0.2) is 34.4 Å². The van der Waals surface area contributed by atoms with Crippen LogP contribution in [0.4, 0.5) is 0 Å². The minimum Gasteiger partial charge on any atom is -0.400 e. The van der Waals surface area contributed by atoms with Gasteiger partial charge < -0.3 is 25.2 Å². The van der Waals surface area contributed by atoms with Crippen LogP contribution in [0.25, 0.3) is 0 Å². The summed E-state index contributed by atoms with van der Waals surface area (Å²) in [5, 5.41) is 12.5. The highest BCUT2D eigenvalue weighted by molar-refractivity contribution is 9.12. The zero-order valence-electron chi connectivity index (χ0n) is 16.1. The standard InChI is InChI=1S/C17H27BrN2O4.CH4O/c1-5-15(18)14(17(22)20-9-7-11-24-4)12-13(2)16(21)19-8-6-10-23-3;1-2/h5,12H,2,6-11H2,1,3-4H3,(H,19,21)(H,20,22);2H,1H3/b14-12+,15-5+;. The Kier molecular flexibility index (Phi) is 18.8. The minimum atomic E-state index is -0.313. The van der Waals surface area contributed by atoms with Crippen LogP contribution in [0.2, 0.25) is 0 Å². The first-order chi connectivity index (χ1) is 12.5. The lowest BCUT2D eigenvalue weighted by Crippen LogP contribution is -2.28. The summed E-state index contributed by atoms with van der Waals surface area (Å²) in [5.74, 6) is -0.586. The third kappa shape index (κ3) is 12.8. The Labute approximate surface area is 164 Å². The fourth-order valence-electron chi connectivity index (χ4n) is 1.68. The Morgan fingerprint density at radius 1 is 1.04 bits per heavy atom. The van der Waals surface area contributed by atoms with E-state index in [1.807, 2.05) is 0 Å². The Morgan fingerprint density at radius 2 is 1.50 bits per heavy atom. The van der Waals surface area contributed by atoms with Gasteiger partial charge in [-0.15, -0.1) is 0 Å². The third-order valence-corrected chi connectivity index (χ3v) is 3.87. The summed E-state index contributed by atoms with van der Waals surface area (Å²) in [6, 6.07) is 0. The first-order valence-electron chi connectivity index (χ1n) is 8.19. The van der Waals surface area contributed by atoms with Gasteiger partial charge in [0.2, 0.25) is 0 Å². The van der Waals surface area contributed by atoms with Crippen molar-refractivity contribution in [2.45, 2.75) is 19.8 Å². The largest absolute Gasteiger partial charge is 0.400 e. The van der Waals surface area contributed by atoms with Crippen LogP contribution in [-0.2, 0) is 19.1 Å². The van der Waals surface area contributed by atoms with Crippen molar-refractivity contribution in [3.8, 4) is 0 Å². The number of carbonyl (C=O) groups excluding carboxylic acids is 2. The summed E-state index contributed by atoms with van der Waals surface area (Å²) in [4.78, 5) is 24.3. The van der Waals surface area contributed by atoms with Crippen LogP contribution in [0.1, 0.15) is 19.8 Å². The van der Waals surface area contributed by atoms with E-state index in [-0.39, 0.29) is 17.4 Å². The maximum Gasteiger partial charge on any atom is 0.252 e. The molecule has 0 saturated carbocycles. The van der Waals surface area contributed by atoms with E-state index in [1.165, 1.54) is 6.08 Å². The molecular formula is C18H31BrN2O5. The number of ether oxygens (including phenoxy) is 2. The van der Waals surface area contributed by atoms with Crippen molar-refractivity contribution in [1.82, 2.24) is 10.6 Å². The van der Waals surface area contributed by atoms with Crippen LogP contribution in [0.5, 0.6) is 0 Å². The van der Waals surface area contributed by atoms with E-state index in [0.29, 0.717) is 49.2 Å². The molecule has 0 aromatic carbocycles. The van der Waals surface area contributed by atoms with Gasteiger partial charge in [0.1, 0.15) is 0 Å². The number of methoxy groups -OCH3 is 2. The van der Waals surface area contributed by atoms with Gasteiger partial charge in [0, 0.05) is 57.7 Å². The lowest BCUT2D eigenvalue weighted by molar-refractivity contribution is -0.117. The van der Waals surface area contributed by atoms with Crippen LogP contribution in [0, 0.1) is 0 Å². The molecule has 0 heterocycles. The normalized spacial score (nSPS) is 11.3. The van der Waals surface area contributed by atoms with Crippen LogP contribution in [0.3, 0.4) is 0 Å². The number of nitrogens with one attached hydrogen (secondary N) is 2. The van der Waals surface area contributed by atoms with Crippen molar-refractivity contribution in [1.29, 1.82) is 0 Å². The summed E-state index contributed by atoms with van der Waals surface area (Å²) in [6.07, 6.45) is 4.64. The molecule has 0 saturated heterocycles. The highest BCUT2D eigenvalue weighted by Crippen LogP contribution is 2.19. The Bertz CT molecular complexity index is 490. The van der Waals surface area contributed by atoms with Gasteiger partial charge in [0.05, 0.1) is 5.57 Å². The molecule has 0 rings (SSSR count). The molecule has 0 aromatic rings. The number of hydrogen-bond donors (Lipinski definition) is 3. The Hall–Kier alpha value is -1.48. The monoisotopic (exact) mass is 434 g/mol. The molecule has 0 aliphatic rings. The van der Waals surface area contributed by atoms with E-state index in [1.54, 1.807) is 27.2 Å². The smallest absolute Gasteiger partial charge is 0.252 e. The van der Waals surface area contributed by atoms with Crippen molar-refractivity contribution in [3.63, 3.8) is 0 Å². The van der Waals surface area contributed by atoms with E-state index in [9.17, 15) is 9.59 Å². The van der Waals surface area contributed by atoms with Crippen molar-refractivity contribution in [2.24, 2.45) is 0 Å². The van der Waals surface area contributed by atoms with Crippen LogP contribution in [-0.4, -0.2) is 64.6 Å². The molecule has 26 heavy (non-hydrogen) atoms. The van der Waals surface area contributed by atoms with E-state index < -0.39 is 0 Å². The molecule has 0 fully saturated rings. The second-order valence-electron chi connectivity index (χ2n) is 4.92. The zero-order chi connectivity index (χ0) is 20.4. The predicted molar refractivity (Wildman–Crippen MR) is 107 cm³/mol. The highest BCUT2D eigenvalue weighted by Gasteiger charge is 2.14. The second kappa shape index (κ2) is 18.3. The molecule has 2 amide bonds. The Balaban J connectivity index is 0. The molecule has 8 heteroatoms. The van der Waals surface area contributed by atoms with E-state index in [2.05, 4.69) is 33.1 Å².